The number of rotatable bonds is 15. The van der Waals surface area contributed by atoms with Gasteiger partial charge in [0.25, 0.3) is 11.8 Å². The van der Waals surface area contributed by atoms with Gasteiger partial charge in [-0.05, 0) is 111 Å². The van der Waals surface area contributed by atoms with E-state index in [0.717, 1.165) is 117 Å². The minimum Gasteiger partial charge on any atom is -0.489 e. The topological polar surface area (TPSA) is 165 Å². The fraction of sp³-hybridized carbons (Fsp3) is 0.481. The van der Waals surface area contributed by atoms with E-state index in [1.165, 1.54) is 12.8 Å². The van der Waals surface area contributed by atoms with Gasteiger partial charge >= 0.3 is 0 Å². The summed E-state index contributed by atoms with van der Waals surface area (Å²) in [5.74, 6) is 1.46. The molecular weight excluding hydrogens is 918 g/mol. The molecule has 5 aliphatic heterocycles. The largest absolute Gasteiger partial charge is 0.489 e. The number of hydrogen-bond acceptors (Lipinski definition) is 13. The Balaban J connectivity index is 0.693. The van der Waals surface area contributed by atoms with Gasteiger partial charge in [-0.15, -0.1) is 11.6 Å². The van der Waals surface area contributed by atoms with Gasteiger partial charge in [0, 0.05) is 70.4 Å². The zero-order valence-corrected chi connectivity index (χ0v) is 40.8. The third-order valence-electron chi connectivity index (χ3n) is 14.7. The molecule has 4 fully saturated rings. The molecule has 1 atom stereocenters. The van der Waals surface area contributed by atoms with Crippen molar-refractivity contribution in [2.45, 2.75) is 70.4 Å². The van der Waals surface area contributed by atoms with Gasteiger partial charge in [-0.1, -0.05) is 43.6 Å². The molecule has 4 saturated heterocycles. The smallest absolute Gasteiger partial charge is 0.264 e. The van der Waals surface area contributed by atoms with Gasteiger partial charge in [0.1, 0.15) is 31.1 Å². The third kappa shape index (κ3) is 10.5. The predicted molar refractivity (Wildman–Crippen MR) is 263 cm³/mol. The Bertz CT molecular complexity index is 2600. The van der Waals surface area contributed by atoms with Crippen molar-refractivity contribution in [3.05, 3.63) is 105 Å². The number of alkyl halides is 1. The highest BCUT2D eigenvalue weighted by molar-refractivity contribution is 6.32. The van der Waals surface area contributed by atoms with Gasteiger partial charge in [-0.2, -0.15) is 5.26 Å². The summed E-state index contributed by atoms with van der Waals surface area (Å²) < 4.78 is 11.8. The van der Waals surface area contributed by atoms with E-state index < -0.39 is 29.2 Å². The number of hydrogen-bond donors (Lipinski definition) is 1. The summed E-state index contributed by atoms with van der Waals surface area (Å²) in [5.41, 5.74) is 4.14. The normalized spacial score (nSPS) is 20.0. The molecule has 1 unspecified atom stereocenters. The van der Waals surface area contributed by atoms with Gasteiger partial charge in [-0.25, -0.2) is 9.97 Å². The molecule has 6 heterocycles. The van der Waals surface area contributed by atoms with Crippen molar-refractivity contribution in [3.63, 3.8) is 0 Å². The Kier molecular flexibility index (Phi) is 14.7. The Hall–Kier alpha value is -5.79. The van der Waals surface area contributed by atoms with Crippen LogP contribution < -0.4 is 24.6 Å². The maximum Gasteiger partial charge on any atom is 0.264 e. The van der Waals surface area contributed by atoms with Gasteiger partial charge in [-0.3, -0.25) is 34.3 Å². The van der Waals surface area contributed by atoms with Crippen molar-refractivity contribution in [2.24, 2.45) is 11.8 Å². The molecule has 0 saturated carbocycles. The highest BCUT2D eigenvalue weighted by Gasteiger charge is 2.46. The molecule has 0 bridgehead atoms. The van der Waals surface area contributed by atoms with E-state index in [-0.39, 0.29) is 25.4 Å². The molecule has 0 aliphatic carbocycles. The number of aromatic nitrogens is 2. The van der Waals surface area contributed by atoms with Crippen molar-refractivity contribution in [3.8, 4) is 17.6 Å². The van der Waals surface area contributed by atoms with Crippen LogP contribution in [0, 0.1) is 23.2 Å². The fourth-order valence-corrected chi connectivity index (χ4v) is 10.9. The van der Waals surface area contributed by atoms with Crippen LogP contribution in [0.2, 0.25) is 5.02 Å². The average molecular weight is 977 g/mol. The first-order chi connectivity index (χ1) is 33.4. The molecule has 4 amide bonds. The standard InChI is InChI=1S/C52H59Cl2N9O6/c1-52(2,38-28-36(30-55)47(42(54)29-38)68-27-17-53)37-6-8-40(9-7-37)69-33-39-12-18-56-51(57-39)62-25-23-60(24-26-62)32-34-13-19-59(20-14-34)31-35-15-21-61(22-16-35)43-5-3-4-41-46(43)50(67)63(49(41)66)44-10-11-45(64)58-48(44)65/h3-9,12,18,28-29,34-35,44H,10-11,13-17,19-27,31-33H2,1-2H3,(H,58,64,65). The molecule has 5 aliphatic rings. The number of ether oxygens (including phenoxy) is 2. The minimum atomic E-state index is -0.971. The molecule has 0 radical (unpaired) electrons. The number of nitrogens with one attached hydrogen (secondary N) is 1. The van der Waals surface area contributed by atoms with Crippen molar-refractivity contribution < 1.29 is 28.7 Å². The van der Waals surface area contributed by atoms with Crippen LogP contribution in [-0.4, -0.2) is 132 Å². The molecule has 1 aromatic heterocycles. The van der Waals surface area contributed by atoms with Crippen LogP contribution in [0.25, 0.3) is 0 Å². The number of carbonyl (C=O) groups is 4. The van der Waals surface area contributed by atoms with Crippen LogP contribution in [0.1, 0.15) is 95.5 Å². The average Bonchev–Trinajstić information content (AvgIpc) is 3.62. The molecule has 0 spiro atoms. The number of imide groups is 2. The number of anilines is 2. The van der Waals surface area contributed by atoms with E-state index in [9.17, 15) is 24.4 Å². The van der Waals surface area contributed by atoms with Gasteiger partial charge in [0.15, 0.2) is 5.75 Å². The number of nitrogens with zero attached hydrogens (tertiary/aromatic N) is 8. The third-order valence-corrected chi connectivity index (χ3v) is 15.1. The van der Waals surface area contributed by atoms with Crippen LogP contribution in [0.5, 0.6) is 11.5 Å². The molecule has 1 N–H and O–H groups in total. The lowest BCUT2D eigenvalue weighted by Gasteiger charge is -2.40. The predicted octanol–water partition coefficient (Wildman–Crippen LogP) is 6.68. The van der Waals surface area contributed by atoms with E-state index in [2.05, 4.69) is 49.8 Å². The minimum absolute atomic E-state index is 0.0985. The summed E-state index contributed by atoms with van der Waals surface area (Å²) in [4.78, 5) is 71.7. The van der Waals surface area contributed by atoms with E-state index in [0.29, 0.717) is 51.8 Å². The van der Waals surface area contributed by atoms with E-state index in [4.69, 9.17) is 37.7 Å². The molecular formula is C52H59Cl2N9O6. The van der Waals surface area contributed by atoms with Crippen LogP contribution in [0.4, 0.5) is 11.6 Å². The summed E-state index contributed by atoms with van der Waals surface area (Å²) in [7, 11) is 0. The van der Waals surface area contributed by atoms with Crippen molar-refractivity contribution in [2.75, 3.05) is 87.7 Å². The number of amides is 4. The first-order valence-electron chi connectivity index (χ1n) is 24.2. The quantitative estimate of drug-likeness (QED) is 0.0993. The summed E-state index contributed by atoms with van der Waals surface area (Å²) in [5, 5.41) is 12.5. The molecule has 362 valence electrons. The second kappa shape index (κ2) is 21.1. The fourth-order valence-electron chi connectivity index (χ4n) is 10.6. The lowest BCUT2D eigenvalue weighted by atomic mass is 9.77. The van der Waals surface area contributed by atoms with Crippen LogP contribution in [-0.2, 0) is 21.6 Å². The monoisotopic (exact) mass is 975 g/mol. The summed E-state index contributed by atoms with van der Waals surface area (Å²) >= 11 is 12.4. The van der Waals surface area contributed by atoms with Crippen molar-refractivity contribution in [1.29, 1.82) is 5.26 Å². The first kappa shape index (κ1) is 48.2. The maximum atomic E-state index is 13.7. The molecule has 9 rings (SSSR count). The van der Waals surface area contributed by atoms with E-state index in [1.54, 1.807) is 6.07 Å². The summed E-state index contributed by atoms with van der Waals surface area (Å²) in [6.45, 7) is 14.5. The molecule has 69 heavy (non-hydrogen) atoms. The van der Waals surface area contributed by atoms with Crippen molar-refractivity contribution >= 4 is 58.5 Å². The summed E-state index contributed by atoms with van der Waals surface area (Å²) in [6, 6.07) is 20.2. The first-order valence-corrected chi connectivity index (χ1v) is 25.1. The Morgan fingerprint density at radius 3 is 2.17 bits per heavy atom. The molecule has 4 aromatic rings. The number of piperidine rings is 3. The number of halogens is 2. The van der Waals surface area contributed by atoms with Crippen LogP contribution >= 0.6 is 23.2 Å². The number of fused-ring (bicyclic) bond motifs is 1. The van der Waals surface area contributed by atoms with Crippen molar-refractivity contribution in [1.82, 2.24) is 30.0 Å². The SMILES string of the molecule is CC(C)(c1ccc(OCc2ccnc(N3CCN(CC4CCN(CC5CCN(c6cccc7c6C(=O)N(C6CCC(=O)NC6=O)C7=O)CC5)CC4)CC3)n2)cc1)c1cc(Cl)c(OCCCl)c(C#N)c1. The van der Waals surface area contributed by atoms with Gasteiger partial charge in [0.05, 0.1) is 39.0 Å². The highest BCUT2D eigenvalue weighted by atomic mass is 35.5. The zero-order valence-electron chi connectivity index (χ0n) is 39.3. The summed E-state index contributed by atoms with van der Waals surface area (Å²) in [6.07, 6.45) is 6.45. The molecule has 15 nitrogen and oxygen atoms in total. The van der Waals surface area contributed by atoms with Crippen LogP contribution in [0.15, 0.2) is 66.9 Å². The van der Waals surface area contributed by atoms with Crippen LogP contribution in [0.3, 0.4) is 0 Å². The number of likely N-dealkylation sites (tertiary alicyclic amines) is 1. The molecule has 17 heteroatoms. The van der Waals surface area contributed by atoms with E-state index >= 15 is 0 Å². The highest BCUT2D eigenvalue weighted by Crippen LogP contribution is 2.40. The number of benzene rings is 3. The Labute approximate surface area is 413 Å². The Morgan fingerprint density at radius 2 is 1.49 bits per heavy atom. The Morgan fingerprint density at radius 1 is 0.797 bits per heavy atom. The van der Waals surface area contributed by atoms with Gasteiger partial charge in [0.2, 0.25) is 17.8 Å². The van der Waals surface area contributed by atoms with E-state index in [1.807, 2.05) is 60.8 Å². The lowest BCUT2D eigenvalue weighted by Crippen LogP contribution is -2.54. The number of nitriles is 1. The second-order valence-corrected chi connectivity index (χ2v) is 20.2. The lowest BCUT2D eigenvalue weighted by molar-refractivity contribution is -0.136. The second-order valence-electron chi connectivity index (χ2n) is 19.4. The molecule has 3 aromatic carbocycles. The maximum absolute atomic E-state index is 13.7. The number of carbonyl (C=O) groups excluding carboxylic acids is 4. The van der Waals surface area contributed by atoms with Gasteiger partial charge < -0.3 is 24.2 Å². The number of piperazine rings is 1. The zero-order chi connectivity index (χ0) is 48.2.